The maximum Gasteiger partial charge on any atom is 0.253 e. The van der Waals surface area contributed by atoms with Crippen molar-refractivity contribution in [2.24, 2.45) is 0 Å². The van der Waals surface area contributed by atoms with Gasteiger partial charge in [0.05, 0.1) is 5.52 Å². The number of nitrogens with zero attached hydrogens (tertiary/aromatic N) is 1. The van der Waals surface area contributed by atoms with E-state index in [1.54, 1.807) is 19.0 Å². The zero-order valence-electron chi connectivity index (χ0n) is 12.2. The zero-order chi connectivity index (χ0) is 15.0. The molecule has 0 fully saturated rings. The van der Waals surface area contributed by atoms with Crippen LogP contribution in [-0.2, 0) is 0 Å². The minimum Gasteiger partial charge on any atom is -0.354 e. The van der Waals surface area contributed by atoms with Crippen molar-refractivity contribution in [2.75, 3.05) is 27.2 Å². The molecule has 2 heterocycles. The molecule has 2 N–H and O–H groups in total. The number of benzene rings is 1. The maximum absolute atomic E-state index is 12.1. The predicted octanol–water partition coefficient (Wildman–Crippen LogP) is 3.01. The first-order valence-electron chi connectivity index (χ1n) is 7.00. The number of amides is 1. The molecule has 3 rings (SSSR count). The quantitative estimate of drug-likeness (QED) is 0.877. The third-order valence-electron chi connectivity index (χ3n) is 3.71. The van der Waals surface area contributed by atoms with Crippen molar-refractivity contribution in [3.8, 4) is 0 Å². The molecule has 0 radical (unpaired) electrons. The first-order chi connectivity index (χ1) is 10.1. The molecule has 5 heteroatoms. The Morgan fingerprint density at radius 3 is 2.76 bits per heavy atom. The Balaban J connectivity index is 2.07. The molecular formula is C16H18BrN3O. The lowest BCUT2D eigenvalue weighted by molar-refractivity contribution is 0.0827. The number of H-pyrrole nitrogens is 1. The van der Waals surface area contributed by atoms with Crippen LogP contribution < -0.4 is 5.32 Å². The van der Waals surface area contributed by atoms with Crippen LogP contribution in [0.2, 0.25) is 0 Å². The number of hydrogen-bond donors (Lipinski definition) is 2. The van der Waals surface area contributed by atoms with Crippen LogP contribution in [-0.4, -0.2) is 43.0 Å². The van der Waals surface area contributed by atoms with Crippen LogP contribution >= 0.6 is 15.9 Å². The van der Waals surface area contributed by atoms with Gasteiger partial charge in [0.1, 0.15) is 0 Å². The minimum atomic E-state index is 0.0129. The summed E-state index contributed by atoms with van der Waals surface area (Å²) < 4.78 is 0.917. The van der Waals surface area contributed by atoms with E-state index in [4.69, 9.17) is 0 Å². The largest absolute Gasteiger partial charge is 0.354 e. The minimum absolute atomic E-state index is 0.0129. The van der Waals surface area contributed by atoms with Gasteiger partial charge in [-0.3, -0.25) is 4.79 Å². The molecule has 0 bridgehead atoms. The molecular weight excluding hydrogens is 330 g/mol. The fraction of sp³-hybridized carbons (Fsp3) is 0.312. The van der Waals surface area contributed by atoms with Gasteiger partial charge in [0.25, 0.3) is 5.91 Å². The lowest BCUT2D eigenvalue weighted by Crippen LogP contribution is -2.21. The first kappa shape index (κ1) is 14.4. The van der Waals surface area contributed by atoms with Crippen molar-refractivity contribution in [2.45, 2.75) is 6.42 Å². The molecule has 1 aliphatic rings. The number of aromatic amines is 1. The van der Waals surface area contributed by atoms with Crippen molar-refractivity contribution in [3.05, 3.63) is 40.0 Å². The van der Waals surface area contributed by atoms with Gasteiger partial charge in [-0.1, -0.05) is 6.08 Å². The van der Waals surface area contributed by atoms with Crippen LogP contribution in [0, 0.1) is 0 Å². The summed E-state index contributed by atoms with van der Waals surface area (Å²) in [5, 5.41) is 4.43. The van der Waals surface area contributed by atoms with Crippen LogP contribution in [0.4, 0.5) is 0 Å². The van der Waals surface area contributed by atoms with Crippen LogP contribution in [0.25, 0.3) is 16.5 Å². The van der Waals surface area contributed by atoms with Gasteiger partial charge < -0.3 is 15.2 Å². The molecule has 0 saturated heterocycles. The highest BCUT2D eigenvalue weighted by atomic mass is 79.9. The average molecular weight is 348 g/mol. The summed E-state index contributed by atoms with van der Waals surface area (Å²) in [5.41, 5.74) is 4.13. The van der Waals surface area contributed by atoms with Crippen LogP contribution in [0.15, 0.2) is 28.7 Å². The topological polar surface area (TPSA) is 48.1 Å². The second kappa shape index (κ2) is 5.66. The van der Waals surface area contributed by atoms with E-state index < -0.39 is 0 Å². The summed E-state index contributed by atoms with van der Waals surface area (Å²) in [6.45, 7) is 1.92. The van der Waals surface area contributed by atoms with Gasteiger partial charge in [-0.05, 0) is 52.7 Å². The Kier molecular flexibility index (Phi) is 3.87. The summed E-state index contributed by atoms with van der Waals surface area (Å²) in [6.07, 6.45) is 3.32. The molecule has 1 aromatic carbocycles. The molecule has 2 aromatic rings. The zero-order valence-corrected chi connectivity index (χ0v) is 13.8. The van der Waals surface area contributed by atoms with Gasteiger partial charge in [0.2, 0.25) is 0 Å². The van der Waals surface area contributed by atoms with Crippen molar-refractivity contribution in [1.29, 1.82) is 0 Å². The third kappa shape index (κ3) is 2.76. The van der Waals surface area contributed by atoms with Crippen molar-refractivity contribution in [1.82, 2.24) is 15.2 Å². The van der Waals surface area contributed by atoms with E-state index in [-0.39, 0.29) is 5.91 Å². The Bertz CT molecular complexity index is 730. The number of nitrogens with one attached hydrogen (secondary N) is 2. The van der Waals surface area contributed by atoms with Gasteiger partial charge >= 0.3 is 0 Å². The van der Waals surface area contributed by atoms with Crippen LogP contribution in [0.3, 0.4) is 0 Å². The molecule has 4 nitrogen and oxygen atoms in total. The van der Waals surface area contributed by atoms with Gasteiger partial charge in [-0.25, -0.2) is 0 Å². The predicted molar refractivity (Wildman–Crippen MR) is 89.5 cm³/mol. The lowest BCUT2D eigenvalue weighted by Gasteiger charge is -2.12. The van der Waals surface area contributed by atoms with E-state index in [2.05, 4.69) is 38.4 Å². The van der Waals surface area contributed by atoms with Gasteiger partial charge in [0.15, 0.2) is 0 Å². The van der Waals surface area contributed by atoms with E-state index in [0.717, 1.165) is 40.6 Å². The smallest absolute Gasteiger partial charge is 0.253 e. The number of hydrogen-bond acceptors (Lipinski definition) is 2. The van der Waals surface area contributed by atoms with Gasteiger partial charge in [0, 0.05) is 41.8 Å². The van der Waals surface area contributed by atoms with E-state index in [1.165, 1.54) is 5.57 Å². The lowest BCUT2D eigenvalue weighted by atomic mass is 10.1. The molecule has 0 spiro atoms. The molecule has 0 atom stereocenters. The summed E-state index contributed by atoms with van der Waals surface area (Å²) in [7, 11) is 3.53. The molecule has 0 unspecified atom stereocenters. The molecule has 0 saturated carbocycles. The molecule has 1 amide bonds. The van der Waals surface area contributed by atoms with E-state index in [1.807, 2.05) is 12.1 Å². The maximum atomic E-state index is 12.1. The summed E-state index contributed by atoms with van der Waals surface area (Å²) >= 11 is 3.57. The van der Waals surface area contributed by atoms with Crippen LogP contribution in [0.5, 0.6) is 0 Å². The van der Waals surface area contributed by atoms with Crippen molar-refractivity contribution in [3.63, 3.8) is 0 Å². The highest BCUT2D eigenvalue weighted by Crippen LogP contribution is 2.29. The van der Waals surface area contributed by atoms with Crippen molar-refractivity contribution < 1.29 is 4.79 Å². The Hall–Kier alpha value is -1.59. The Morgan fingerprint density at radius 1 is 1.29 bits per heavy atom. The molecule has 21 heavy (non-hydrogen) atoms. The third-order valence-corrected chi connectivity index (χ3v) is 4.33. The number of aromatic nitrogens is 1. The second-order valence-corrected chi connectivity index (χ2v) is 6.35. The fourth-order valence-electron chi connectivity index (χ4n) is 2.60. The number of carbonyl (C=O) groups is 1. The van der Waals surface area contributed by atoms with Gasteiger partial charge in [-0.15, -0.1) is 0 Å². The summed E-state index contributed by atoms with van der Waals surface area (Å²) in [4.78, 5) is 17.2. The van der Waals surface area contributed by atoms with Gasteiger partial charge in [-0.2, -0.15) is 0 Å². The molecule has 1 aromatic heterocycles. The Morgan fingerprint density at radius 2 is 2.10 bits per heavy atom. The molecule has 0 aliphatic carbocycles. The fourth-order valence-corrected chi connectivity index (χ4v) is 3.18. The molecule has 1 aliphatic heterocycles. The number of carbonyl (C=O) groups excluding carboxylic acids is 1. The van der Waals surface area contributed by atoms with Crippen LogP contribution in [0.1, 0.15) is 22.5 Å². The average Bonchev–Trinajstić information content (AvgIpc) is 2.92. The SMILES string of the molecule is CN(C)C(=O)c1cc(Br)c2[nH]c(C3=CCCNC3)cc2c1. The Labute approximate surface area is 132 Å². The standard InChI is InChI=1S/C16H18BrN3O/c1-20(2)16(21)12-6-11-8-14(10-4-3-5-18-9-10)19-15(11)13(17)7-12/h4,6-8,18-19H,3,5,9H2,1-2H3. The monoisotopic (exact) mass is 347 g/mol. The first-order valence-corrected chi connectivity index (χ1v) is 7.79. The number of rotatable bonds is 2. The van der Waals surface area contributed by atoms with E-state index in [9.17, 15) is 4.79 Å². The number of fused-ring (bicyclic) bond motifs is 1. The summed E-state index contributed by atoms with van der Waals surface area (Å²) in [6, 6.07) is 5.93. The normalized spacial score (nSPS) is 15.1. The van der Waals surface area contributed by atoms with E-state index in [0.29, 0.717) is 5.56 Å². The molecule has 110 valence electrons. The highest BCUT2D eigenvalue weighted by molar-refractivity contribution is 9.10. The number of halogens is 1. The van der Waals surface area contributed by atoms with Crippen molar-refractivity contribution >= 4 is 38.3 Å². The highest BCUT2D eigenvalue weighted by Gasteiger charge is 2.14. The summed E-state index contributed by atoms with van der Waals surface area (Å²) in [5.74, 6) is 0.0129. The van der Waals surface area contributed by atoms with E-state index >= 15 is 0 Å². The second-order valence-electron chi connectivity index (χ2n) is 5.50.